The van der Waals surface area contributed by atoms with Crippen LogP contribution in [0.2, 0.25) is 0 Å². The van der Waals surface area contributed by atoms with Crippen molar-refractivity contribution in [2.45, 2.75) is 0 Å². The van der Waals surface area contributed by atoms with Crippen molar-refractivity contribution in [1.82, 2.24) is 9.97 Å². The Labute approximate surface area is 52.4 Å². The van der Waals surface area contributed by atoms with Crippen LogP contribution in [0.25, 0.3) is 0 Å². The van der Waals surface area contributed by atoms with E-state index in [9.17, 15) is 0 Å². The molecule has 1 rings (SSSR count). The first-order valence-corrected chi connectivity index (χ1v) is 2.15. The van der Waals surface area contributed by atoms with Gasteiger partial charge in [-0.05, 0) is 0 Å². The van der Waals surface area contributed by atoms with E-state index >= 15 is 0 Å². The Hall–Kier alpha value is -1.63. The second-order valence-electron chi connectivity index (χ2n) is 0.994. The van der Waals surface area contributed by atoms with Gasteiger partial charge in [0.25, 0.3) is 6.26 Å². The van der Waals surface area contributed by atoms with Gasteiger partial charge < -0.3 is 5.11 Å². The maximum Gasteiger partial charge on any atom is 0.283 e. The molecule has 0 aliphatic carbocycles. The number of aliphatic hydroxyl groups is 1. The number of hydrogen-bond donors (Lipinski definition) is 1. The Morgan fingerprint density at radius 1 is 1.11 bits per heavy atom. The Balaban J connectivity index is 0.000000187. The molecule has 1 aromatic heterocycles. The second kappa shape index (κ2) is 6.37. The molecule has 0 fully saturated rings. The Morgan fingerprint density at radius 2 is 1.33 bits per heavy atom. The molecule has 0 aromatic carbocycles. The molecule has 9 heavy (non-hydrogen) atoms. The summed E-state index contributed by atoms with van der Waals surface area (Å²) in [6, 6.07) is 0. The zero-order valence-corrected chi connectivity index (χ0v) is 4.60. The highest BCUT2D eigenvalue weighted by molar-refractivity contribution is 4.70. The maximum atomic E-state index is 6.88. The zero-order valence-electron chi connectivity index (χ0n) is 4.60. The maximum absolute atomic E-state index is 6.88. The molecule has 1 heterocycles. The number of aromatic nitrogens is 2. The minimum Gasteiger partial charge on any atom is -0.443 e. The van der Waals surface area contributed by atoms with Crippen molar-refractivity contribution in [2.24, 2.45) is 0 Å². The van der Waals surface area contributed by atoms with Gasteiger partial charge in [-0.1, -0.05) is 0 Å². The van der Waals surface area contributed by atoms with Gasteiger partial charge in [0.15, 0.2) is 0 Å². The molecule has 0 saturated carbocycles. The van der Waals surface area contributed by atoms with E-state index in [-0.39, 0.29) is 0 Å². The fraction of sp³-hybridized carbons (Fsp3) is 0. The van der Waals surface area contributed by atoms with E-state index in [0.29, 0.717) is 0 Å². The molecule has 0 radical (unpaired) electrons. The minimum atomic E-state index is 0.750. The van der Waals surface area contributed by atoms with Gasteiger partial charge in [-0.15, -0.1) is 0 Å². The van der Waals surface area contributed by atoms with E-state index in [1.807, 2.05) is 0 Å². The standard InChI is InChI=1S/C4H4N2.CHNO/c1-2-6-4-3-5-1;2-1-3/h1-4H;3H. The van der Waals surface area contributed by atoms with Crippen molar-refractivity contribution < 1.29 is 5.11 Å². The van der Waals surface area contributed by atoms with Crippen molar-refractivity contribution in [2.75, 3.05) is 0 Å². The summed E-state index contributed by atoms with van der Waals surface area (Å²) in [5.74, 6) is 0. The van der Waals surface area contributed by atoms with E-state index in [4.69, 9.17) is 10.4 Å². The monoisotopic (exact) mass is 123 g/mol. The van der Waals surface area contributed by atoms with E-state index in [1.54, 1.807) is 24.8 Å². The lowest BCUT2D eigenvalue weighted by Crippen LogP contribution is -1.66. The van der Waals surface area contributed by atoms with E-state index in [1.165, 1.54) is 0 Å². The Kier molecular flexibility index (Phi) is 5.22. The molecule has 4 heteroatoms. The third kappa shape index (κ3) is 6.37. The van der Waals surface area contributed by atoms with Crippen molar-refractivity contribution in [3.8, 4) is 6.26 Å². The van der Waals surface area contributed by atoms with Crippen molar-refractivity contribution in [3.05, 3.63) is 24.8 Å². The number of rotatable bonds is 0. The fourth-order valence-electron chi connectivity index (χ4n) is 0.253. The average molecular weight is 123 g/mol. The van der Waals surface area contributed by atoms with E-state index in [2.05, 4.69) is 9.97 Å². The quantitative estimate of drug-likeness (QED) is 0.504. The van der Waals surface area contributed by atoms with E-state index < -0.39 is 0 Å². The first-order chi connectivity index (χ1) is 4.41. The van der Waals surface area contributed by atoms with Crippen molar-refractivity contribution >= 4 is 0 Å². The van der Waals surface area contributed by atoms with Crippen molar-refractivity contribution in [1.29, 1.82) is 5.26 Å². The summed E-state index contributed by atoms with van der Waals surface area (Å²) in [5, 5.41) is 13.8. The fourth-order valence-corrected chi connectivity index (χ4v) is 0.253. The summed E-state index contributed by atoms with van der Waals surface area (Å²) in [4.78, 5) is 7.44. The minimum absolute atomic E-state index is 0.750. The first-order valence-electron chi connectivity index (χ1n) is 2.15. The Bertz CT molecular complexity index is 143. The molecule has 0 bridgehead atoms. The van der Waals surface area contributed by atoms with Gasteiger partial charge in [-0.2, -0.15) is 5.26 Å². The predicted octanol–water partition coefficient (Wildman–Crippen LogP) is 0.317. The SMILES string of the molecule is N#CO.c1cnccn1. The van der Waals surface area contributed by atoms with Crippen LogP contribution in [0, 0.1) is 11.5 Å². The lowest BCUT2D eigenvalue weighted by molar-refractivity contribution is 0.503. The summed E-state index contributed by atoms with van der Waals surface area (Å²) in [7, 11) is 0. The summed E-state index contributed by atoms with van der Waals surface area (Å²) >= 11 is 0. The highest BCUT2D eigenvalue weighted by Crippen LogP contribution is 1.65. The van der Waals surface area contributed by atoms with Crippen LogP contribution >= 0.6 is 0 Å². The van der Waals surface area contributed by atoms with Crippen LogP contribution in [0.3, 0.4) is 0 Å². The summed E-state index contributed by atoms with van der Waals surface area (Å²) < 4.78 is 0. The van der Waals surface area contributed by atoms with Gasteiger partial charge in [0.1, 0.15) is 0 Å². The zero-order chi connectivity index (χ0) is 6.95. The molecule has 46 valence electrons. The molecule has 0 amide bonds. The smallest absolute Gasteiger partial charge is 0.283 e. The molecular weight excluding hydrogens is 118 g/mol. The van der Waals surface area contributed by atoms with Gasteiger partial charge in [0.05, 0.1) is 0 Å². The van der Waals surface area contributed by atoms with Crippen LogP contribution in [0.1, 0.15) is 0 Å². The summed E-state index contributed by atoms with van der Waals surface area (Å²) in [5.41, 5.74) is 0. The second-order valence-corrected chi connectivity index (χ2v) is 0.994. The highest BCUT2D eigenvalue weighted by Gasteiger charge is 1.59. The van der Waals surface area contributed by atoms with Gasteiger partial charge in [-0.3, -0.25) is 9.97 Å². The average Bonchev–Trinajstić information content (AvgIpc) is 1.93. The summed E-state index contributed by atoms with van der Waals surface area (Å²) in [6.07, 6.45) is 7.31. The van der Waals surface area contributed by atoms with Crippen LogP contribution < -0.4 is 0 Å². The molecular formula is C5H5N3O. The van der Waals surface area contributed by atoms with Gasteiger partial charge in [0.2, 0.25) is 0 Å². The molecule has 1 aromatic rings. The highest BCUT2D eigenvalue weighted by atomic mass is 16.2. The van der Waals surface area contributed by atoms with Crippen LogP contribution in [0.5, 0.6) is 0 Å². The van der Waals surface area contributed by atoms with E-state index in [0.717, 1.165) is 6.26 Å². The lowest BCUT2D eigenvalue weighted by atomic mass is 10.8. The van der Waals surface area contributed by atoms with Crippen LogP contribution in [0.15, 0.2) is 24.8 Å². The molecule has 0 aliphatic rings. The molecule has 0 spiro atoms. The Morgan fingerprint density at radius 3 is 1.44 bits per heavy atom. The molecule has 1 N–H and O–H groups in total. The van der Waals surface area contributed by atoms with Crippen molar-refractivity contribution in [3.63, 3.8) is 0 Å². The lowest BCUT2D eigenvalue weighted by Gasteiger charge is -1.70. The normalized spacial score (nSPS) is 6.11. The van der Waals surface area contributed by atoms with Crippen LogP contribution in [0.4, 0.5) is 0 Å². The number of nitriles is 1. The van der Waals surface area contributed by atoms with Gasteiger partial charge >= 0.3 is 0 Å². The summed E-state index contributed by atoms with van der Waals surface area (Å²) in [6.45, 7) is 0. The molecule has 0 atom stereocenters. The number of hydrogen-bond acceptors (Lipinski definition) is 4. The molecule has 4 nitrogen and oxygen atoms in total. The predicted molar refractivity (Wildman–Crippen MR) is 29.6 cm³/mol. The number of nitrogens with zero attached hydrogens (tertiary/aromatic N) is 3. The third-order valence-electron chi connectivity index (χ3n) is 0.478. The third-order valence-corrected chi connectivity index (χ3v) is 0.478. The number of aliphatic hydroxyl groups excluding tert-OH is 1. The molecule has 0 aliphatic heterocycles. The van der Waals surface area contributed by atoms with Crippen LogP contribution in [-0.2, 0) is 0 Å². The first kappa shape index (κ1) is 7.37. The topological polar surface area (TPSA) is 69.8 Å². The van der Waals surface area contributed by atoms with Gasteiger partial charge in [0, 0.05) is 24.8 Å². The van der Waals surface area contributed by atoms with Gasteiger partial charge in [-0.25, -0.2) is 0 Å². The molecule has 0 unspecified atom stereocenters. The largest absolute Gasteiger partial charge is 0.443 e. The van der Waals surface area contributed by atoms with Crippen LogP contribution in [-0.4, -0.2) is 15.1 Å². The molecule has 0 saturated heterocycles.